The summed E-state index contributed by atoms with van der Waals surface area (Å²) in [5.41, 5.74) is 5.08. The maximum Gasteiger partial charge on any atom is 0.108 e. The van der Waals surface area contributed by atoms with Gasteiger partial charge in [-0.15, -0.1) is 11.3 Å². The van der Waals surface area contributed by atoms with Crippen LogP contribution in [0.2, 0.25) is 5.02 Å². The smallest absolute Gasteiger partial charge is 0.108 e. The van der Waals surface area contributed by atoms with Crippen LogP contribution < -0.4 is 10.2 Å². The lowest BCUT2D eigenvalue weighted by Gasteiger charge is -2.33. The van der Waals surface area contributed by atoms with Crippen molar-refractivity contribution >= 4 is 50.8 Å². The number of aromatic nitrogens is 1. The average Bonchev–Trinajstić information content (AvgIpc) is 3.14. The minimum atomic E-state index is 0.757. The van der Waals surface area contributed by atoms with E-state index in [1.807, 2.05) is 48.5 Å². The zero-order valence-corrected chi connectivity index (χ0v) is 17.4. The summed E-state index contributed by atoms with van der Waals surface area (Å²) in [4.78, 5) is 8.70. The first-order chi connectivity index (χ1) is 14.0. The van der Waals surface area contributed by atoms with E-state index in [-0.39, 0.29) is 0 Å². The SMILES string of the molecule is C=C1Nc2cc(-c3cccc(Cl)c3C)sc2C(=C)N1c1cncc2ccccc12. The molecule has 1 aliphatic heterocycles. The number of thiophene rings is 1. The second-order valence-electron chi connectivity index (χ2n) is 7.00. The average molecular weight is 416 g/mol. The molecule has 1 aliphatic rings. The molecule has 1 N–H and O–H groups in total. The van der Waals surface area contributed by atoms with Gasteiger partial charge in [0, 0.05) is 26.9 Å². The van der Waals surface area contributed by atoms with Crippen LogP contribution in [-0.4, -0.2) is 4.98 Å². The number of rotatable bonds is 2. The number of hydrogen-bond acceptors (Lipinski definition) is 4. The Morgan fingerprint density at radius 3 is 2.76 bits per heavy atom. The van der Waals surface area contributed by atoms with Crippen LogP contribution in [0.25, 0.3) is 26.9 Å². The maximum absolute atomic E-state index is 6.34. The molecule has 3 heterocycles. The fraction of sp³-hybridized carbons (Fsp3) is 0.0417. The first-order valence-corrected chi connectivity index (χ1v) is 10.4. The molecular formula is C24H18ClN3S. The Morgan fingerprint density at radius 2 is 1.90 bits per heavy atom. The van der Waals surface area contributed by atoms with Crippen molar-refractivity contribution in [1.29, 1.82) is 0 Å². The van der Waals surface area contributed by atoms with Crippen LogP contribution in [0, 0.1) is 6.92 Å². The third-order valence-corrected chi connectivity index (χ3v) is 6.86. The number of benzene rings is 2. The van der Waals surface area contributed by atoms with E-state index in [0.717, 1.165) is 59.6 Å². The van der Waals surface area contributed by atoms with Crippen LogP contribution in [0.1, 0.15) is 10.4 Å². The fourth-order valence-corrected chi connectivity index (χ4v) is 5.08. The minimum Gasteiger partial charge on any atom is -0.341 e. The Hall–Kier alpha value is -3.08. The molecule has 0 saturated carbocycles. The van der Waals surface area contributed by atoms with Gasteiger partial charge in [0.05, 0.1) is 28.1 Å². The van der Waals surface area contributed by atoms with Crippen molar-refractivity contribution in [2.75, 3.05) is 10.2 Å². The molecule has 0 unspecified atom stereocenters. The molecule has 0 atom stereocenters. The molecule has 3 nitrogen and oxygen atoms in total. The Morgan fingerprint density at radius 1 is 1.07 bits per heavy atom. The van der Waals surface area contributed by atoms with E-state index in [9.17, 15) is 0 Å². The molecule has 5 rings (SSSR count). The molecule has 142 valence electrons. The van der Waals surface area contributed by atoms with Gasteiger partial charge in [0.2, 0.25) is 0 Å². The Kier molecular flexibility index (Phi) is 4.19. The Balaban J connectivity index is 1.63. The second kappa shape index (κ2) is 6.76. The highest BCUT2D eigenvalue weighted by atomic mass is 35.5. The highest BCUT2D eigenvalue weighted by Crippen LogP contribution is 2.47. The van der Waals surface area contributed by atoms with Crippen LogP contribution >= 0.6 is 22.9 Å². The van der Waals surface area contributed by atoms with E-state index in [0.29, 0.717) is 0 Å². The molecular weight excluding hydrogens is 398 g/mol. The molecule has 29 heavy (non-hydrogen) atoms. The van der Waals surface area contributed by atoms with Gasteiger partial charge in [0.15, 0.2) is 0 Å². The van der Waals surface area contributed by atoms with Crippen molar-refractivity contribution < 1.29 is 0 Å². The molecule has 2 aromatic carbocycles. The molecule has 0 spiro atoms. The van der Waals surface area contributed by atoms with Gasteiger partial charge in [-0.3, -0.25) is 9.88 Å². The third kappa shape index (κ3) is 2.84. The molecule has 2 aromatic heterocycles. The highest BCUT2D eigenvalue weighted by Gasteiger charge is 2.28. The number of pyridine rings is 1. The van der Waals surface area contributed by atoms with E-state index < -0.39 is 0 Å². The summed E-state index contributed by atoms with van der Waals surface area (Å²) in [5.74, 6) is 0.757. The standard InChI is InChI=1S/C24H18ClN3S/c1-14-18(9-6-10-20(14)25)23-11-21-24(29-23)15(2)28(16(3)27-21)22-13-26-12-17-7-4-5-8-19(17)22/h4-13,27H,2-3H2,1H3. The van der Waals surface area contributed by atoms with Crippen molar-refractivity contribution in [1.82, 2.24) is 4.98 Å². The number of hydrogen-bond donors (Lipinski definition) is 1. The predicted octanol–water partition coefficient (Wildman–Crippen LogP) is 7.30. The zero-order valence-electron chi connectivity index (χ0n) is 15.9. The summed E-state index contributed by atoms with van der Waals surface area (Å²) in [6.07, 6.45) is 3.74. The summed E-state index contributed by atoms with van der Waals surface area (Å²) in [6.45, 7) is 10.7. The monoisotopic (exact) mass is 415 g/mol. The van der Waals surface area contributed by atoms with Gasteiger partial charge in [-0.1, -0.05) is 61.2 Å². The molecule has 5 heteroatoms. The van der Waals surface area contributed by atoms with Gasteiger partial charge in [0.25, 0.3) is 0 Å². The summed E-state index contributed by atoms with van der Waals surface area (Å²) < 4.78 is 0. The van der Waals surface area contributed by atoms with Crippen LogP contribution in [0.5, 0.6) is 0 Å². The molecule has 4 aromatic rings. The van der Waals surface area contributed by atoms with Crippen LogP contribution in [0.15, 0.2) is 79.9 Å². The molecule has 0 amide bonds. The van der Waals surface area contributed by atoms with Crippen molar-refractivity contribution in [2.24, 2.45) is 0 Å². The van der Waals surface area contributed by atoms with Gasteiger partial charge >= 0.3 is 0 Å². The lowest BCUT2D eigenvalue weighted by atomic mass is 10.1. The predicted molar refractivity (Wildman–Crippen MR) is 126 cm³/mol. The lowest BCUT2D eigenvalue weighted by molar-refractivity contribution is 1.16. The summed E-state index contributed by atoms with van der Waals surface area (Å²) in [7, 11) is 0. The van der Waals surface area contributed by atoms with Crippen molar-refractivity contribution in [3.8, 4) is 10.4 Å². The van der Waals surface area contributed by atoms with Crippen molar-refractivity contribution in [2.45, 2.75) is 6.92 Å². The van der Waals surface area contributed by atoms with Gasteiger partial charge in [0.1, 0.15) is 5.82 Å². The minimum absolute atomic E-state index is 0.757. The highest BCUT2D eigenvalue weighted by molar-refractivity contribution is 7.17. The van der Waals surface area contributed by atoms with Gasteiger partial charge < -0.3 is 5.32 Å². The van der Waals surface area contributed by atoms with E-state index in [1.54, 1.807) is 11.3 Å². The Labute approximate surface area is 178 Å². The number of halogens is 1. The van der Waals surface area contributed by atoms with Gasteiger partial charge in [-0.2, -0.15) is 0 Å². The molecule has 0 radical (unpaired) electrons. The van der Waals surface area contributed by atoms with E-state index in [1.165, 1.54) is 0 Å². The topological polar surface area (TPSA) is 28.2 Å². The summed E-state index contributed by atoms with van der Waals surface area (Å²) in [6, 6.07) is 16.4. The second-order valence-corrected chi connectivity index (χ2v) is 8.46. The summed E-state index contributed by atoms with van der Waals surface area (Å²) in [5, 5.41) is 6.41. The van der Waals surface area contributed by atoms with Crippen molar-refractivity contribution in [3.63, 3.8) is 0 Å². The molecule has 0 fully saturated rings. The first kappa shape index (κ1) is 18.0. The van der Waals surface area contributed by atoms with E-state index in [4.69, 9.17) is 11.6 Å². The number of nitrogens with one attached hydrogen (secondary N) is 1. The van der Waals surface area contributed by atoms with Gasteiger partial charge in [-0.05, 0) is 30.2 Å². The quantitative estimate of drug-likeness (QED) is 0.372. The van der Waals surface area contributed by atoms with E-state index >= 15 is 0 Å². The molecule has 0 aliphatic carbocycles. The third-order valence-electron chi connectivity index (χ3n) is 5.23. The molecule has 0 saturated heterocycles. The lowest BCUT2D eigenvalue weighted by Crippen LogP contribution is -2.28. The van der Waals surface area contributed by atoms with Crippen LogP contribution in [-0.2, 0) is 0 Å². The van der Waals surface area contributed by atoms with Crippen LogP contribution in [0.4, 0.5) is 11.4 Å². The number of nitrogens with zero attached hydrogens (tertiary/aromatic N) is 2. The number of anilines is 2. The fourth-order valence-electron chi connectivity index (χ4n) is 3.75. The maximum atomic E-state index is 6.34. The van der Waals surface area contributed by atoms with Crippen LogP contribution in [0.3, 0.4) is 0 Å². The first-order valence-electron chi connectivity index (χ1n) is 9.22. The Bertz CT molecular complexity index is 1300. The number of fused-ring (bicyclic) bond motifs is 2. The molecule has 0 bridgehead atoms. The van der Waals surface area contributed by atoms with Crippen molar-refractivity contribution in [3.05, 3.63) is 95.4 Å². The largest absolute Gasteiger partial charge is 0.341 e. The normalized spacial score (nSPS) is 13.5. The van der Waals surface area contributed by atoms with E-state index in [2.05, 4.69) is 47.7 Å². The van der Waals surface area contributed by atoms with Gasteiger partial charge in [-0.25, -0.2) is 0 Å². The summed E-state index contributed by atoms with van der Waals surface area (Å²) >= 11 is 8.04. The zero-order chi connectivity index (χ0) is 20.1.